The van der Waals surface area contributed by atoms with Crippen molar-refractivity contribution in [2.75, 3.05) is 0 Å². The van der Waals surface area contributed by atoms with Gasteiger partial charge in [0.05, 0.1) is 6.07 Å². The smallest absolute Gasteiger partial charge is 0.243 e. The summed E-state index contributed by atoms with van der Waals surface area (Å²) in [5, 5.41) is 13.8. The van der Waals surface area contributed by atoms with Gasteiger partial charge in [-0.3, -0.25) is 14.4 Å². The van der Waals surface area contributed by atoms with Crippen molar-refractivity contribution >= 4 is 17.7 Å². The second-order valence-electron chi connectivity index (χ2n) is 5.81. The molecule has 0 aliphatic carbocycles. The summed E-state index contributed by atoms with van der Waals surface area (Å²) in [7, 11) is 0. The minimum Gasteiger partial charge on any atom is -0.368 e. The molecular formula is C17H21FN4O3. The van der Waals surface area contributed by atoms with Crippen LogP contribution >= 0.6 is 0 Å². The number of carbonyl (C=O) groups is 3. The Hall–Kier alpha value is -2.95. The summed E-state index contributed by atoms with van der Waals surface area (Å²) in [6.07, 6.45) is 0.186. The average molecular weight is 348 g/mol. The number of halogens is 1. The van der Waals surface area contributed by atoms with Crippen LogP contribution in [0.4, 0.5) is 4.39 Å². The number of hydrogen-bond acceptors (Lipinski definition) is 4. The van der Waals surface area contributed by atoms with Gasteiger partial charge in [0.2, 0.25) is 17.7 Å². The Bertz CT molecular complexity index is 669. The molecule has 0 bridgehead atoms. The number of hydrogen-bond donors (Lipinski definition) is 3. The maximum atomic E-state index is 13.0. The third-order valence-corrected chi connectivity index (χ3v) is 3.52. The Morgan fingerprint density at radius 2 is 1.80 bits per heavy atom. The molecule has 0 aliphatic rings. The lowest BCUT2D eigenvalue weighted by atomic mass is 10.0. The lowest BCUT2D eigenvalue weighted by Gasteiger charge is -2.22. The molecule has 0 spiro atoms. The normalized spacial score (nSPS) is 13.8. The monoisotopic (exact) mass is 348 g/mol. The van der Waals surface area contributed by atoms with Crippen LogP contribution in [-0.2, 0) is 20.8 Å². The highest BCUT2D eigenvalue weighted by molar-refractivity contribution is 5.91. The van der Waals surface area contributed by atoms with E-state index < -0.39 is 41.5 Å². The van der Waals surface area contributed by atoms with E-state index in [-0.39, 0.29) is 12.8 Å². The van der Waals surface area contributed by atoms with E-state index in [1.165, 1.54) is 31.2 Å². The molecule has 4 N–H and O–H groups in total. The van der Waals surface area contributed by atoms with Gasteiger partial charge in [0.1, 0.15) is 17.9 Å². The third kappa shape index (κ3) is 6.99. The van der Waals surface area contributed by atoms with Crippen LogP contribution in [0.25, 0.3) is 0 Å². The van der Waals surface area contributed by atoms with E-state index in [0.717, 1.165) is 0 Å². The van der Waals surface area contributed by atoms with Crippen LogP contribution < -0.4 is 16.4 Å². The topological polar surface area (TPSA) is 125 Å². The van der Waals surface area contributed by atoms with E-state index in [9.17, 15) is 18.8 Å². The molecule has 8 heteroatoms. The Labute approximate surface area is 145 Å². The molecule has 3 amide bonds. The second-order valence-corrected chi connectivity index (χ2v) is 5.81. The van der Waals surface area contributed by atoms with E-state index in [1.807, 2.05) is 6.07 Å². The number of nitrogens with two attached hydrogens (primary N) is 1. The number of carbonyl (C=O) groups excluding carboxylic acids is 3. The molecule has 7 nitrogen and oxygen atoms in total. The van der Waals surface area contributed by atoms with Gasteiger partial charge in [0.15, 0.2) is 0 Å². The molecule has 0 fully saturated rings. The van der Waals surface area contributed by atoms with Crippen molar-refractivity contribution in [3.63, 3.8) is 0 Å². The maximum absolute atomic E-state index is 13.0. The molecule has 3 atom stereocenters. The first-order valence-electron chi connectivity index (χ1n) is 7.73. The van der Waals surface area contributed by atoms with Crippen molar-refractivity contribution in [2.45, 2.75) is 38.8 Å². The zero-order chi connectivity index (χ0) is 19.0. The number of benzene rings is 1. The van der Waals surface area contributed by atoms with Crippen LogP contribution in [0.5, 0.6) is 0 Å². The van der Waals surface area contributed by atoms with Crippen molar-refractivity contribution < 1.29 is 18.8 Å². The first kappa shape index (κ1) is 20.1. The molecule has 0 radical (unpaired) electrons. The summed E-state index contributed by atoms with van der Waals surface area (Å²) in [5.41, 5.74) is 5.90. The van der Waals surface area contributed by atoms with Gasteiger partial charge in [0.25, 0.3) is 0 Å². The van der Waals surface area contributed by atoms with Crippen molar-refractivity contribution in [1.29, 1.82) is 5.26 Å². The molecule has 0 unspecified atom stereocenters. The van der Waals surface area contributed by atoms with Crippen molar-refractivity contribution in [1.82, 2.24) is 10.6 Å². The quantitative estimate of drug-likeness (QED) is 0.628. The lowest BCUT2D eigenvalue weighted by Crippen LogP contribution is -2.53. The van der Waals surface area contributed by atoms with Crippen LogP contribution in [0, 0.1) is 23.1 Å². The first-order chi connectivity index (χ1) is 11.7. The average Bonchev–Trinajstić information content (AvgIpc) is 2.54. The van der Waals surface area contributed by atoms with Crippen LogP contribution in [0.3, 0.4) is 0 Å². The Balaban J connectivity index is 2.87. The minimum absolute atomic E-state index is 0.0704. The highest BCUT2D eigenvalue weighted by atomic mass is 19.1. The largest absolute Gasteiger partial charge is 0.368 e. The van der Waals surface area contributed by atoms with Gasteiger partial charge in [-0.1, -0.05) is 12.1 Å². The van der Waals surface area contributed by atoms with Crippen LogP contribution in [0.15, 0.2) is 24.3 Å². The van der Waals surface area contributed by atoms with Crippen LogP contribution in [0.2, 0.25) is 0 Å². The fraction of sp³-hybridized carbons (Fsp3) is 0.412. The summed E-state index contributed by atoms with van der Waals surface area (Å²) < 4.78 is 13.0. The highest BCUT2D eigenvalue weighted by Crippen LogP contribution is 2.08. The number of primary amides is 1. The third-order valence-electron chi connectivity index (χ3n) is 3.52. The number of rotatable bonds is 8. The summed E-state index contributed by atoms with van der Waals surface area (Å²) in [5.74, 6) is -2.69. The van der Waals surface area contributed by atoms with Gasteiger partial charge in [-0.05, 0) is 31.0 Å². The molecular weight excluding hydrogens is 327 g/mol. The zero-order valence-corrected chi connectivity index (χ0v) is 14.1. The zero-order valence-electron chi connectivity index (χ0n) is 14.1. The van der Waals surface area contributed by atoms with Gasteiger partial charge in [0, 0.05) is 19.3 Å². The Morgan fingerprint density at radius 1 is 1.20 bits per heavy atom. The maximum Gasteiger partial charge on any atom is 0.243 e. The first-order valence-corrected chi connectivity index (χ1v) is 7.73. The van der Waals surface area contributed by atoms with Crippen molar-refractivity contribution in [3.05, 3.63) is 35.6 Å². The SMILES string of the molecule is CC(=O)N[C@H](Cc1ccc(F)cc1)C(=O)N[C@H](C[C@H](C)C#N)C(N)=O. The second kappa shape index (κ2) is 9.37. The van der Waals surface area contributed by atoms with Gasteiger partial charge in [-0.25, -0.2) is 4.39 Å². The number of nitrogens with one attached hydrogen (secondary N) is 2. The summed E-state index contributed by atoms with van der Waals surface area (Å²) in [6, 6.07) is 5.49. The molecule has 0 aliphatic heterocycles. The standard InChI is InChI=1S/C17H21FN4O3/c1-10(9-19)7-14(16(20)24)22-17(25)15(21-11(2)23)8-12-3-5-13(18)6-4-12/h3-6,10,14-15H,7-8H2,1-2H3,(H2,20,24)(H,21,23)(H,22,25)/t10-,14+,15+/m0/s1. The van der Waals surface area contributed by atoms with Crippen LogP contribution in [-0.4, -0.2) is 29.8 Å². The van der Waals surface area contributed by atoms with E-state index >= 15 is 0 Å². The number of amides is 3. The van der Waals surface area contributed by atoms with Crippen molar-refractivity contribution in [2.24, 2.45) is 11.7 Å². The fourth-order valence-electron chi connectivity index (χ4n) is 2.24. The molecule has 25 heavy (non-hydrogen) atoms. The van der Waals surface area contributed by atoms with Gasteiger partial charge in [-0.15, -0.1) is 0 Å². The predicted molar refractivity (Wildman–Crippen MR) is 88.2 cm³/mol. The minimum atomic E-state index is -1.02. The van der Waals surface area contributed by atoms with E-state index in [4.69, 9.17) is 11.0 Å². The molecule has 1 rings (SSSR count). The molecule has 0 aromatic heterocycles. The Morgan fingerprint density at radius 3 is 2.28 bits per heavy atom. The summed E-state index contributed by atoms with van der Waals surface area (Å²) >= 11 is 0. The number of nitrogens with zero attached hydrogens (tertiary/aromatic N) is 1. The van der Waals surface area contributed by atoms with Crippen molar-refractivity contribution in [3.8, 4) is 6.07 Å². The van der Waals surface area contributed by atoms with Gasteiger partial charge < -0.3 is 16.4 Å². The molecule has 0 saturated heterocycles. The summed E-state index contributed by atoms with van der Waals surface area (Å²) in [6.45, 7) is 2.86. The lowest BCUT2D eigenvalue weighted by molar-refractivity contribution is -0.131. The number of nitriles is 1. The molecule has 1 aromatic carbocycles. The van der Waals surface area contributed by atoms with E-state index in [0.29, 0.717) is 5.56 Å². The molecule has 0 heterocycles. The predicted octanol–water partition coefficient (Wildman–Crippen LogP) is 0.393. The molecule has 0 saturated carbocycles. The van der Waals surface area contributed by atoms with Gasteiger partial charge in [-0.2, -0.15) is 5.26 Å². The molecule has 1 aromatic rings. The highest BCUT2D eigenvalue weighted by Gasteiger charge is 2.26. The van der Waals surface area contributed by atoms with Crippen LogP contribution in [0.1, 0.15) is 25.8 Å². The Kier molecular flexibility index (Phi) is 7.53. The fourth-order valence-corrected chi connectivity index (χ4v) is 2.24. The summed E-state index contributed by atoms with van der Waals surface area (Å²) in [4.78, 5) is 35.3. The molecule has 134 valence electrons. The van der Waals surface area contributed by atoms with Gasteiger partial charge >= 0.3 is 0 Å². The van der Waals surface area contributed by atoms with E-state index in [1.54, 1.807) is 6.92 Å². The van der Waals surface area contributed by atoms with E-state index in [2.05, 4.69) is 10.6 Å².